The van der Waals surface area contributed by atoms with Gasteiger partial charge in [-0.1, -0.05) is 46.8 Å². The Balaban J connectivity index is 1.93. The van der Waals surface area contributed by atoms with Crippen molar-refractivity contribution in [2.24, 2.45) is 5.92 Å². The SMILES string of the molecule is CC(C)C[C@@]1(C(=O)OC(C)(C)C)C[C@H](c2cccnn2)[C@H](c2nccs2)N1C(=O)c1ccc(C(C)(C)C)cc1. The van der Waals surface area contributed by atoms with Crippen LogP contribution in [0, 0.1) is 5.92 Å². The highest BCUT2D eigenvalue weighted by molar-refractivity contribution is 7.09. The highest BCUT2D eigenvalue weighted by atomic mass is 32.1. The van der Waals surface area contributed by atoms with Gasteiger partial charge in [0.2, 0.25) is 0 Å². The van der Waals surface area contributed by atoms with E-state index in [1.807, 2.05) is 62.5 Å². The Bertz CT molecular complexity index is 1280. The first-order valence-electron chi connectivity index (χ1n) is 13.6. The van der Waals surface area contributed by atoms with Crippen molar-refractivity contribution in [3.8, 4) is 0 Å². The predicted octanol–water partition coefficient (Wildman–Crippen LogP) is 6.73. The molecule has 1 saturated heterocycles. The summed E-state index contributed by atoms with van der Waals surface area (Å²) in [5.41, 5.74) is 0.419. The van der Waals surface area contributed by atoms with E-state index in [0.717, 1.165) is 16.3 Å². The maximum Gasteiger partial charge on any atom is 0.332 e. The van der Waals surface area contributed by atoms with E-state index in [4.69, 9.17) is 4.74 Å². The van der Waals surface area contributed by atoms with Crippen LogP contribution in [0.25, 0.3) is 0 Å². The molecule has 0 N–H and O–H groups in total. The van der Waals surface area contributed by atoms with Crippen molar-refractivity contribution < 1.29 is 14.3 Å². The van der Waals surface area contributed by atoms with Crippen LogP contribution < -0.4 is 0 Å². The zero-order chi connectivity index (χ0) is 28.6. The van der Waals surface area contributed by atoms with Crippen molar-refractivity contribution in [2.75, 3.05) is 0 Å². The largest absolute Gasteiger partial charge is 0.458 e. The first-order chi connectivity index (χ1) is 18.2. The highest BCUT2D eigenvalue weighted by Crippen LogP contribution is 2.55. The van der Waals surface area contributed by atoms with Crippen LogP contribution in [0.3, 0.4) is 0 Å². The Labute approximate surface area is 236 Å². The number of carbonyl (C=O) groups is 2. The van der Waals surface area contributed by atoms with Gasteiger partial charge in [-0.3, -0.25) is 4.79 Å². The third kappa shape index (κ3) is 6.06. The average Bonchev–Trinajstić information content (AvgIpc) is 3.49. The molecule has 0 radical (unpaired) electrons. The summed E-state index contributed by atoms with van der Waals surface area (Å²) in [6.07, 6.45) is 4.19. The van der Waals surface area contributed by atoms with E-state index in [1.54, 1.807) is 17.3 Å². The first-order valence-corrected chi connectivity index (χ1v) is 14.5. The van der Waals surface area contributed by atoms with Gasteiger partial charge in [0, 0.05) is 29.3 Å². The van der Waals surface area contributed by atoms with Crippen molar-refractivity contribution in [2.45, 2.75) is 96.7 Å². The molecule has 1 amide bonds. The van der Waals surface area contributed by atoms with Crippen molar-refractivity contribution in [1.82, 2.24) is 20.1 Å². The number of carbonyl (C=O) groups excluding carboxylic acids is 2. The smallest absolute Gasteiger partial charge is 0.332 e. The second-order valence-electron chi connectivity index (χ2n) is 12.9. The molecule has 1 aliphatic heterocycles. The van der Waals surface area contributed by atoms with Gasteiger partial charge in [-0.05, 0) is 74.8 Å². The van der Waals surface area contributed by atoms with Gasteiger partial charge in [-0.25, -0.2) is 9.78 Å². The monoisotopic (exact) mass is 548 g/mol. The van der Waals surface area contributed by atoms with E-state index in [2.05, 4.69) is 49.8 Å². The number of likely N-dealkylation sites (tertiary alicyclic amines) is 1. The van der Waals surface area contributed by atoms with Crippen LogP contribution in [0.4, 0.5) is 0 Å². The molecular formula is C31H40N4O3S. The topological polar surface area (TPSA) is 85.3 Å². The Morgan fingerprint density at radius 3 is 2.28 bits per heavy atom. The summed E-state index contributed by atoms with van der Waals surface area (Å²) < 4.78 is 6.07. The van der Waals surface area contributed by atoms with Gasteiger partial charge in [-0.2, -0.15) is 10.2 Å². The molecule has 7 nitrogen and oxygen atoms in total. The molecule has 0 saturated carbocycles. The normalized spacial score (nSPS) is 21.8. The standard InChI is InChI=1S/C31H40N4O3S/c1-20(2)18-31(28(37)38-30(6,7)8)19-23(24-10-9-15-33-34-24)25(26-32-16-17-39-26)35(31)27(36)21-11-13-22(14-12-21)29(3,4)5/h9-17,20,23,25H,18-19H2,1-8H3/t23-,25-,31+/m1/s1. The Morgan fingerprint density at radius 2 is 1.77 bits per heavy atom. The zero-order valence-electron chi connectivity index (χ0n) is 24.3. The number of hydrogen-bond donors (Lipinski definition) is 0. The molecule has 0 spiro atoms. The molecule has 0 bridgehead atoms. The second-order valence-corrected chi connectivity index (χ2v) is 13.8. The van der Waals surface area contributed by atoms with Gasteiger partial charge in [0.1, 0.15) is 16.1 Å². The van der Waals surface area contributed by atoms with Gasteiger partial charge in [0.05, 0.1) is 11.7 Å². The summed E-state index contributed by atoms with van der Waals surface area (Å²) in [5, 5.41) is 11.2. The molecule has 0 aliphatic carbocycles. The van der Waals surface area contributed by atoms with Crippen LogP contribution in [0.5, 0.6) is 0 Å². The van der Waals surface area contributed by atoms with Crippen LogP contribution in [-0.2, 0) is 14.9 Å². The third-order valence-electron chi connectivity index (χ3n) is 7.10. The van der Waals surface area contributed by atoms with Crippen molar-refractivity contribution in [3.05, 3.63) is 76.0 Å². The van der Waals surface area contributed by atoms with Gasteiger partial charge >= 0.3 is 5.97 Å². The van der Waals surface area contributed by atoms with Gasteiger partial charge in [0.25, 0.3) is 5.91 Å². The number of rotatable bonds is 6. The molecule has 2 aromatic heterocycles. The van der Waals surface area contributed by atoms with Crippen molar-refractivity contribution in [3.63, 3.8) is 0 Å². The summed E-state index contributed by atoms with van der Waals surface area (Å²) in [5.74, 6) is -0.771. The molecule has 208 valence electrons. The van der Waals surface area contributed by atoms with E-state index in [-0.39, 0.29) is 23.2 Å². The minimum absolute atomic E-state index is 0.0480. The average molecular weight is 549 g/mol. The second kappa shape index (κ2) is 10.8. The van der Waals surface area contributed by atoms with Gasteiger partial charge in [-0.15, -0.1) is 11.3 Å². The number of aromatic nitrogens is 3. The van der Waals surface area contributed by atoms with Crippen LogP contribution in [-0.4, -0.2) is 43.1 Å². The quantitative estimate of drug-likeness (QED) is 0.318. The van der Waals surface area contributed by atoms with E-state index in [0.29, 0.717) is 18.4 Å². The Kier molecular flexibility index (Phi) is 7.99. The predicted molar refractivity (Wildman–Crippen MR) is 154 cm³/mol. The summed E-state index contributed by atoms with van der Waals surface area (Å²) in [4.78, 5) is 35.3. The zero-order valence-corrected chi connectivity index (χ0v) is 25.1. The van der Waals surface area contributed by atoms with Crippen LogP contribution in [0.15, 0.2) is 54.2 Å². The molecular weight excluding hydrogens is 508 g/mol. The number of amides is 1. The van der Waals surface area contributed by atoms with Crippen LogP contribution in [0.2, 0.25) is 0 Å². The molecule has 3 atom stereocenters. The van der Waals surface area contributed by atoms with Crippen LogP contribution >= 0.6 is 11.3 Å². The summed E-state index contributed by atoms with van der Waals surface area (Å²) in [7, 11) is 0. The molecule has 39 heavy (non-hydrogen) atoms. The summed E-state index contributed by atoms with van der Waals surface area (Å²) in [6, 6.07) is 11.0. The van der Waals surface area contributed by atoms with E-state index >= 15 is 0 Å². The molecule has 4 rings (SSSR count). The molecule has 3 aromatic rings. The molecule has 8 heteroatoms. The minimum atomic E-state index is -1.21. The maximum atomic E-state index is 14.6. The van der Waals surface area contributed by atoms with Crippen molar-refractivity contribution >= 4 is 23.2 Å². The summed E-state index contributed by atoms with van der Waals surface area (Å²) >= 11 is 1.48. The van der Waals surface area contributed by atoms with E-state index in [9.17, 15) is 9.59 Å². The number of benzene rings is 1. The molecule has 1 aliphatic rings. The lowest BCUT2D eigenvalue weighted by molar-refractivity contribution is -0.168. The van der Waals surface area contributed by atoms with E-state index in [1.165, 1.54) is 11.3 Å². The van der Waals surface area contributed by atoms with Gasteiger partial charge in [0.15, 0.2) is 0 Å². The molecule has 3 heterocycles. The number of nitrogens with zero attached hydrogens (tertiary/aromatic N) is 4. The molecule has 1 aromatic carbocycles. The fraction of sp³-hybridized carbons (Fsp3) is 0.516. The first kappa shape index (κ1) is 28.9. The lowest BCUT2D eigenvalue weighted by Gasteiger charge is -2.41. The van der Waals surface area contributed by atoms with E-state index < -0.39 is 23.2 Å². The minimum Gasteiger partial charge on any atom is -0.458 e. The Hall–Kier alpha value is -3.13. The van der Waals surface area contributed by atoms with Crippen molar-refractivity contribution in [1.29, 1.82) is 0 Å². The Morgan fingerprint density at radius 1 is 1.08 bits per heavy atom. The van der Waals surface area contributed by atoms with Crippen LogP contribution in [0.1, 0.15) is 107 Å². The third-order valence-corrected chi connectivity index (χ3v) is 7.94. The number of esters is 1. The molecule has 0 unspecified atom stereocenters. The number of thiazole rings is 1. The number of ether oxygens (including phenoxy) is 1. The lowest BCUT2D eigenvalue weighted by atomic mass is 9.82. The summed E-state index contributed by atoms with van der Waals surface area (Å²) in [6.45, 7) is 16.2. The maximum absolute atomic E-state index is 14.6. The highest BCUT2D eigenvalue weighted by Gasteiger charge is 2.61. The van der Waals surface area contributed by atoms with Gasteiger partial charge < -0.3 is 9.64 Å². The fourth-order valence-electron chi connectivity index (χ4n) is 5.53. The number of hydrogen-bond acceptors (Lipinski definition) is 7. The molecule has 1 fully saturated rings. The fourth-order valence-corrected chi connectivity index (χ4v) is 6.32. The lowest BCUT2D eigenvalue weighted by Crippen LogP contribution is -2.56.